The summed E-state index contributed by atoms with van der Waals surface area (Å²) in [5.74, 6) is 4.14. The lowest BCUT2D eigenvalue weighted by Crippen LogP contribution is -2.37. The second kappa shape index (κ2) is 10.8. The number of alkyl halides is 3. The van der Waals surface area contributed by atoms with E-state index in [0.717, 1.165) is 11.0 Å². The highest BCUT2D eigenvalue weighted by atomic mass is 79.9. The number of hydrogen-bond donors (Lipinski definition) is 1. The first-order chi connectivity index (χ1) is 17.2. The monoisotopic (exact) mass is 593 g/mol. The van der Waals surface area contributed by atoms with Crippen molar-refractivity contribution < 1.29 is 32.6 Å². The lowest BCUT2D eigenvalue weighted by Gasteiger charge is -2.26. The van der Waals surface area contributed by atoms with E-state index < -0.39 is 23.2 Å². The number of carboxylic acid groups (broad SMARTS) is 1. The van der Waals surface area contributed by atoms with Gasteiger partial charge in [0.05, 0.1) is 34.4 Å². The Morgan fingerprint density at radius 2 is 1.89 bits per heavy atom. The number of aromatic nitrogens is 1. The molecule has 7 nitrogen and oxygen atoms in total. The molecule has 3 aromatic rings. The van der Waals surface area contributed by atoms with Crippen LogP contribution in [0.4, 0.5) is 23.7 Å². The van der Waals surface area contributed by atoms with E-state index in [1.54, 1.807) is 32.9 Å². The number of rotatable bonds is 4. The van der Waals surface area contributed by atoms with Gasteiger partial charge in [0.1, 0.15) is 16.7 Å². The number of pyridine rings is 1. The lowest BCUT2D eigenvalue weighted by atomic mass is 10.1. The molecule has 0 saturated carbocycles. The van der Waals surface area contributed by atoms with Crippen molar-refractivity contribution >= 4 is 51.0 Å². The Labute approximate surface area is 222 Å². The van der Waals surface area contributed by atoms with Crippen molar-refractivity contribution in [2.75, 3.05) is 11.4 Å². The van der Waals surface area contributed by atoms with E-state index in [1.807, 2.05) is 6.07 Å². The molecule has 3 rings (SSSR count). The van der Waals surface area contributed by atoms with E-state index in [2.05, 4.69) is 27.8 Å². The third-order valence-corrected chi connectivity index (χ3v) is 6.17. The Hall–Kier alpha value is -3.61. The minimum absolute atomic E-state index is 0.0470. The van der Waals surface area contributed by atoms with Gasteiger partial charge in [-0.25, -0.2) is 9.59 Å². The summed E-state index contributed by atoms with van der Waals surface area (Å²) in [7, 11) is 0. The normalized spacial score (nSPS) is 11.4. The number of nitriles is 1. The molecule has 1 N–H and O–H groups in total. The van der Waals surface area contributed by atoms with Crippen LogP contribution in [0.25, 0.3) is 5.52 Å². The second-order valence-electron chi connectivity index (χ2n) is 8.54. The average Bonchev–Trinajstić information content (AvgIpc) is 3.12. The maximum atomic E-state index is 13.3. The number of carbonyl (C=O) groups excluding carboxylic acids is 1. The smallest absolute Gasteiger partial charge is 0.447 e. The molecule has 1 aromatic carbocycles. The van der Waals surface area contributed by atoms with Gasteiger partial charge in [-0.2, -0.15) is 18.4 Å². The molecule has 192 valence electrons. The minimum Gasteiger partial charge on any atom is -0.478 e. The predicted octanol–water partition coefficient (Wildman–Crippen LogP) is 6.68. The Kier molecular flexibility index (Phi) is 8.16. The number of thioether (sulfide) groups is 1. The van der Waals surface area contributed by atoms with Crippen molar-refractivity contribution in [1.82, 2.24) is 4.40 Å². The van der Waals surface area contributed by atoms with Crippen LogP contribution in [-0.4, -0.2) is 39.2 Å². The Balaban J connectivity index is 2.07. The zero-order valence-corrected chi connectivity index (χ0v) is 22.1. The van der Waals surface area contributed by atoms with Crippen LogP contribution in [0.1, 0.15) is 42.3 Å². The zero-order valence-electron chi connectivity index (χ0n) is 19.7. The number of aromatic carboxylic acids is 1. The third-order valence-electron chi connectivity index (χ3n) is 4.65. The van der Waals surface area contributed by atoms with Gasteiger partial charge in [0, 0.05) is 22.4 Å². The lowest BCUT2D eigenvalue weighted by molar-refractivity contribution is -0.0330. The largest absolute Gasteiger partial charge is 0.478 e. The van der Waals surface area contributed by atoms with Gasteiger partial charge in [0.25, 0.3) is 0 Å². The van der Waals surface area contributed by atoms with Crippen LogP contribution in [0, 0.1) is 23.2 Å². The molecule has 0 unspecified atom stereocenters. The number of anilines is 1. The van der Waals surface area contributed by atoms with Gasteiger partial charge in [-0.15, -0.1) is 0 Å². The van der Waals surface area contributed by atoms with E-state index in [1.165, 1.54) is 28.8 Å². The van der Waals surface area contributed by atoms with Crippen molar-refractivity contribution in [3.05, 3.63) is 63.8 Å². The quantitative estimate of drug-likeness (QED) is 0.268. The van der Waals surface area contributed by atoms with E-state index in [0.29, 0.717) is 9.99 Å². The van der Waals surface area contributed by atoms with E-state index in [4.69, 9.17) is 4.74 Å². The molecule has 2 aromatic heterocycles. The topological polar surface area (TPSA) is 95.0 Å². The number of nitrogens with zero attached hydrogens (tertiary/aromatic N) is 3. The van der Waals surface area contributed by atoms with Crippen LogP contribution >= 0.6 is 27.7 Å². The first-order valence-electron chi connectivity index (χ1n) is 10.5. The number of carboxylic acids is 1. The van der Waals surface area contributed by atoms with Crippen molar-refractivity contribution in [1.29, 1.82) is 5.26 Å². The summed E-state index contributed by atoms with van der Waals surface area (Å²) in [6.07, 6.45) is 0.617. The fourth-order valence-corrected chi connectivity index (χ4v) is 4.37. The minimum atomic E-state index is -4.57. The number of fused-ring (bicyclic) bond motifs is 1. The van der Waals surface area contributed by atoms with Gasteiger partial charge >= 0.3 is 17.6 Å². The molecule has 0 atom stereocenters. The number of amides is 1. The van der Waals surface area contributed by atoms with Gasteiger partial charge in [0.2, 0.25) is 0 Å². The fourth-order valence-electron chi connectivity index (χ4n) is 3.21. The molecule has 2 heterocycles. The molecule has 0 bridgehead atoms. The molecular formula is C25H19BrF3N3O4S. The molecule has 0 radical (unpaired) electrons. The summed E-state index contributed by atoms with van der Waals surface area (Å²) in [5, 5.41) is 18.6. The van der Waals surface area contributed by atoms with Crippen LogP contribution < -0.4 is 4.90 Å². The van der Waals surface area contributed by atoms with Crippen LogP contribution in [0.3, 0.4) is 0 Å². The number of benzene rings is 1. The summed E-state index contributed by atoms with van der Waals surface area (Å²) in [5.41, 5.74) is -5.14. The SMILES string of the molecule is CC(C)(C)OC(=O)N(CC#Cc1cc2c(Br)cccn2c1SC(F)(F)F)c1ccc(C(=O)O)cc1C#N. The highest BCUT2D eigenvalue weighted by molar-refractivity contribution is 9.10. The van der Waals surface area contributed by atoms with Gasteiger partial charge in [-0.1, -0.05) is 11.8 Å². The van der Waals surface area contributed by atoms with Crippen molar-refractivity contribution in [2.24, 2.45) is 0 Å². The molecule has 0 fully saturated rings. The number of hydrogen-bond acceptors (Lipinski definition) is 5. The molecule has 12 heteroatoms. The average molecular weight is 594 g/mol. The maximum absolute atomic E-state index is 13.3. The van der Waals surface area contributed by atoms with Gasteiger partial charge < -0.3 is 14.2 Å². The first kappa shape index (κ1) is 28.0. The molecule has 37 heavy (non-hydrogen) atoms. The van der Waals surface area contributed by atoms with Gasteiger partial charge in [0.15, 0.2) is 0 Å². The standard InChI is InChI=1S/C25H19BrF3N3O4S/c1-24(2,3)36-23(35)32(19-9-8-16(22(33)34)12-17(19)14-30)11-4-6-15-13-20-18(26)7-5-10-31(20)21(15)37-25(27,28)29/h5,7-10,12-13H,11H2,1-3H3,(H,33,34). The van der Waals surface area contributed by atoms with Crippen molar-refractivity contribution in [2.45, 2.75) is 36.9 Å². The molecule has 1 amide bonds. The Bertz CT molecular complexity index is 1480. The van der Waals surface area contributed by atoms with Gasteiger partial charge in [-0.05, 0) is 73.1 Å². The summed E-state index contributed by atoms with van der Waals surface area (Å²) in [4.78, 5) is 25.3. The van der Waals surface area contributed by atoms with Gasteiger partial charge in [-0.3, -0.25) is 4.90 Å². The van der Waals surface area contributed by atoms with E-state index in [-0.39, 0.29) is 45.7 Å². The highest BCUT2D eigenvalue weighted by Gasteiger charge is 2.32. The molecule has 0 spiro atoms. The summed E-state index contributed by atoms with van der Waals surface area (Å²) >= 11 is 3.01. The number of carbonyl (C=O) groups is 2. The van der Waals surface area contributed by atoms with Crippen LogP contribution in [0.2, 0.25) is 0 Å². The Morgan fingerprint density at radius 3 is 2.49 bits per heavy atom. The van der Waals surface area contributed by atoms with Crippen LogP contribution in [-0.2, 0) is 4.74 Å². The van der Waals surface area contributed by atoms with Crippen LogP contribution in [0.15, 0.2) is 52.1 Å². The molecule has 0 saturated heterocycles. The predicted molar refractivity (Wildman–Crippen MR) is 136 cm³/mol. The van der Waals surface area contributed by atoms with Crippen molar-refractivity contribution in [3.63, 3.8) is 0 Å². The highest BCUT2D eigenvalue weighted by Crippen LogP contribution is 2.40. The fraction of sp³-hybridized carbons (Fsp3) is 0.240. The van der Waals surface area contributed by atoms with E-state index in [9.17, 15) is 33.1 Å². The van der Waals surface area contributed by atoms with Crippen LogP contribution in [0.5, 0.6) is 0 Å². The third kappa shape index (κ3) is 7.00. The number of ether oxygens (including phenoxy) is 1. The van der Waals surface area contributed by atoms with E-state index >= 15 is 0 Å². The molecular weight excluding hydrogens is 575 g/mol. The summed E-state index contributed by atoms with van der Waals surface area (Å²) < 4.78 is 47.2. The zero-order chi connectivity index (χ0) is 27.5. The molecule has 0 aliphatic carbocycles. The Morgan fingerprint density at radius 1 is 1.19 bits per heavy atom. The first-order valence-corrected chi connectivity index (χ1v) is 12.1. The molecule has 0 aliphatic rings. The second-order valence-corrected chi connectivity index (χ2v) is 10.4. The summed E-state index contributed by atoms with van der Waals surface area (Å²) in [6, 6.07) is 10.2. The number of halogens is 4. The maximum Gasteiger partial charge on any atom is 0.447 e. The molecule has 0 aliphatic heterocycles. The summed E-state index contributed by atoms with van der Waals surface area (Å²) in [6.45, 7) is 4.57. The van der Waals surface area contributed by atoms with Crippen molar-refractivity contribution in [3.8, 4) is 17.9 Å².